The zero-order chi connectivity index (χ0) is 14.6. The molecular formula is C17H29N3. The molecule has 1 unspecified atom stereocenters. The van der Waals surface area contributed by atoms with Crippen molar-refractivity contribution in [2.75, 3.05) is 13.1 Å². The molecule has 20 heavy (non-hydrogen) atoms. The van der Waals surface area contributed by atoms with Crippen molar-refractivity contribution in [3.63, 3.8) is 0 Å². The van der Waals surface area contributed by atoms with Crippen LogP contribution in [0.25, 0.3) is 0 Å². The standard InChI is InChI=1S/C17H29N3/c1-5-16-11-19-17(6-2,7-3)13-20(16)12-15-10-18-9-8-14(15)4/h8-10,16,19H,5-7,11-13H2,1-4H3. The van der Waals surface area contributed by atoms with Crippen molar-refractivity contribution in [2.45, 2.75) is 65.1 Å². The van der Waals surface area contributed by atoms with Crippen LogP contribution in [-0.2, 0) is 6.54 Å². The fraction of sp³-hybridized carbons (Fsp3) is 0.706. The minimum Gasteiger partial charge on any atom is -0.308 e. The van der Waals surface area contributed by atoms with Gasteiger partial charge < -0.3 is 5.32 Å². The number of rotatable bonds is 5. The third-order valence-corrected chi connectivity index (χ3v) is 5.08. The van der Waals surface area contributed by atoms with Crippen LogP contribution in [0.15, 0.2) is 18.5 Å². The summed E-state index contributed by atoms with van der Waals surface area (Å²) in [5, 5.41) is 3.81. The van der Waals surface area contributed by atoms with Crippen molar-refractivity contribution < 1.29 is 0 Å². The molecule has 0 aliphatic carbocycles. The second-order valence-corrected chi connectivity index (χ2v) is 6.14. The Morgan fingerprint density at radius 3 is 2.70 bits per heavy atom. The topological polar surface area (TPSA) is 28.2 Å². The minimum absolute atomic E-state index is 0.293. The first-order valence-electron chi connectivity index (χ1n) is 8.02. The van der Waals surface area contributed by atoms with Gasteiger partial charge in [0.25, 0.3) is 0 Å². The summed E-state index contributed by atoms with van der Waals surface area (Å²) in [5.74, 6) is 0. The molecular weight excluding hydrogens is 246 g/mol. The zero-order valence-electron chi connectivity index (χ0n) is 13.4. The number of piperazine rings is 1. The van der Waals surface area contributed by atoms with Crippen LogP contribution in [0.4, 0.5) is 0 Å². The zero-order valence-corrected chi connectivity index (χ0v) is 13.4. The summed E-state index contributed by atoms with van der Waals surface area (Å²) < 4.78 is 0. The lowest BCUT2D eigenvalue weighted by molar-refractivity contribution is 0.0641. The molecule has 0 amide bonds. The lowest BCUT2D eigenvalue weighted by Gasteiger charge is -2.47. The van der Waals surface area contributed by atoms with Gasteiger partial charge in [0.15, 0.2) is 0 Å². The Balaban J connectivity index is 2.15. The minimum atomic E-state index is 0.293. The molecule has 3 nitrogen and oxygen atoms in total. The molecule has 1 aliphatic heterocycles. The predicted octanol–water partition coefficient (Wildman–Crippen LogP) is 3.13. The van der Waals surface area contributed by atoms with Gasteiger partial charge in [-0.3, -0.25) is 9.88 Å². The molecule has 1 aliphatic rings. The Kier molecular flexibility index (Phi) is 5.17. The Morgan fingerprint density at radius 1 is 1.35 bits per heavy atom. The molecule has 1 aromatic heterocycles. The largest absolute Gasteiger partial charge is 0.308 e. The van der Waals surface area contributed by atoms with Gasteiger partial charge in [0.2, 0.25) is 0 Å². The number of aromatic nitrogens is 1. The van der Waals surface area contributed by atoms with Crippen molar-refractivity contribution in [1.82, 2.24) is 15.2 Å². The molecule has 1 N–H and O–H groups in total. The maximum absolute atomic E-state index is 4.30. The van der Waals surface area contributed by atoms with Crippen LogP contribution in [0, 0.1) is 6.92 Å². The van der Waals surface area contributed by atoms with E-state index in [0.717, 1.165) is 19.6 Å². The third-order valence-electron chi connectivity index (χ3n) is 5.08. The van der Waals surface area contributed by atoms with Crippen molar-refractivity contribution in [3.05, 3.63) is 29.6 Å². The van der Waals surface area contributed by atoms with Crippen LogP contribution in [0.1, 0.15) is 51.2 Å². The highest BCUT2D eigenvalue weighted by Gasteiger charge is 2.35. The molecule has 112 valence electrons. The van der Waals surface area contributed by atoms with E-state index in [-0.39, 0.29) is 0 Å². The second kappa shape index (κ2) is 6.68. The van der Waals surface area contributed by atoms with Crippen LogP contribution in [0.2, 0.25) is 0 Å². The van der Waals surface area contributed by atoms with Gasteiger partial charge in [0, 0.05) is 43.6 Å². The Bertz CT molecular complexity index is 426. The maximum Gasteiger partial charge on any atom is 0.0315 e. The fourth-order valence-electron chi connectivity index (χ4n) is 3.23. The highest BCUT2D eigenvalue weighted by Crippen LogP contribution is 2.25. The SMILES string of the molecule is CCC1CNC(CC)(CC)CN1Cc1cnccc1C. The van der Waals surface area contributed by atoms with Crippen molar-refractivity contribution in [2.24, 2.45) is 0 Å². The summed E-state index contributed by atoms with van der Waals surface area (Å²) in [6, 6.07) is 2.76. The average Bonchev–Trinajstić information content (AvgIpc) is 2.49. The smallest absolute Gasteiger partial charge is 0.0315 e. The number of hydrogen-bond acceptors (Lipinski definition) is 3. The highest BCUT2D eigenvalue weighted by atomic mass is 15.3. The van der Waals surface area contributed by atoms with E-state index < -0.39 is 0 Å². The van der Waals surface area contributed by atoms with E-state index in [2.05, 4.69) is 49.0 Å². The van der Waals surface area contributed by atoms with Gasteiger partial charge >= 0.3 is 0 Å². The molecule has 0 spiro atoms. The molecule has 2 heterocycles. The molecule has 2 rings (SSSR count). The summed E-state index contributed by atoms with van der Waals surface area (Å²) >= 11 is 0. The van der Waals surface area contributed by atoms with Gasteiger partial charge in [0.1, 0.15) is 0 Å². The van der Waals surface area contributed by atoms with Gasteiger partial charge in [-0.05, 0) is 43.4 Å². The van der Waals surface area contributed by atoms with Crippen molar-refractivity contribution in [1.29, 1.82) is 0 Å². The van der Waals surface area contributed by atoms with Gasteiger partial charge in [-0.15, -0.1) is 0 Å². The van der Waals surface area contributed by atoms with E-state index in [0.29, 0.717) is 11.6 Å². The number of aryl methyl sites for hydroxylation is 1. The molecule has 0 aromatic carbocycles. The van der Waals surface area contributed by atoms with Crippen LogP contribution in [-0.4, -0.2) is 34.6 Å². The van der Waals surface area contributed by atoms with Crippen LogP contribution < -0.4 is 5.32 Å². The van der Waals surface area contributed by atoms with E-state index >= 15 is 0 Å². The van der Waals surface area contributed by atoms with Crippen LogP contribution in [0.3, 0.4) is 0 Å². The van der Waals surface area contributed by atoms with E-state index in [1.165, 1.54) is 30.4 Å². The second-order valence-electron chi connectivity index (χ2n) is 6.14. The third kappa shape index (κ3) is 3.21. The maximum atomic E-state index is 4.30. The van der Waals surface area contributed by atoms with E-state index in [9.17, 15) is 0 Å². The van der Waals surface area contributed by atoms with E-state index in [4.69, 9.17) is 0 Å². The molecule has 1 aromatic rings. The monoisotopic (exact) mass is 275 g/mol. The Labute approximate surface area is 123 Å². The summed E-state index contributed by atoms with van der Waals surface area (Å²) in [5.41, 5.74) is 3.02. The van der Waals surface area contributed by atoms with Crippen LogP contribution >= 0.6 is 0 Å². The quantitative estimate of drug-likeness (QED) is 0.895. The first kappa shape index (κ1) is 15.5. The highest BCUT2D eigenvalue weighted by molar-refractivity contribution is 5.21. The van der Waals surface area contributed by atoms with Gasteiger partial charge in [-0.25, -0.2) is 0 Å². The number of nitrogens with one attached hydrogen (secondary N) is 1. The van der Waals surface area contributed by atoms with E-state index in [1.54, 1.807) is 0 Å². The lowest BCUT2D eigenvalue weighted by Crippen LogP contribution is -2.63. The predicted molar refractivity (Wildman–Crippen MR) is 84.8 cm³/mol. The number of hydrogen-bond donors (Lipinski definition) is 1. The first-order chi connectivity index (χ1) is 9.64. The summed E-state index contributed by atoms with van der Waals surface area (Å²) in [6.07, 6.45) is 7.51. The van der Waals surface area contributed by atoms with Crippen LogP contribution in [0.5, 0.6) is 0 Å². The van der Waals surface area contributed by atoms with Crippen molar-refractivity contribution >= 4 is 0 Å². The molecule has 1 fully saturated rings. The van der Waals surface area contributed by atoms with E-state index in [1.807, 2.05) is 12.4 Å². The summed E-state index contributed by atoms with van der Waals surface area (Å²) in [6.45, 7) is 12.4. The van der Waals surface area contributed by atoms with Gasteiger partial charge in [0.05, 0.1) is 0 Å². The summed E-state index contributed by atoms with van der Waals surface area (Å²) in [7, 11) is 0. The fourth-order valence-corrected chi connectivity index (χ4v) is 3.23. The summed E-state index contributed by atoms with van der Waals surface area (Å²) in [4.78, 5) is 6.96. The molecule has 1 atom stereocenters. The average molecular weight is 275 g/mol. The molecule has 0 radical (unpaired) electrons. The Hall–Kier alpha value is -0.930. The lowest BCUT2D eigenvalue weighted by atomic mass is 9.88. The molecule has 0 saturated carbocycles. The first-order valence-corrected chi connectivity index (χ1v) is 8.02. The Morgan fingerprint density at radius 2 is 2.10 bits per heavy atom. The molecule has 1 saturated heterocycles. The van der Waals surface area contributed by atoms with Gasteiger partial charge in [-0.1, -0.05) is 20.8 Å². The number of nitrogens with zero attached hydrogens (tertiary/aromatic N) is 2. The van der Waals surface area contributed by atoms with Gasteiger partial charge in [-0.2, -0.15) is 0 Å². The number of pyridine rings is 1. The normalized spacial score (nSPS) is 22.9. The molecule has 0 bridgehead atoms. The molecule has 3 heteroatoms. The van der Waals surface area contributed by atoms with Crippen molar-refractivity contribution in [3.8, 4) is 0 Å².